The second-order valence-corrected chi connectivity index (χ2v) is 3.92. The van der Waals surface area contributed by atoms with Crippen LogP contribution in [0.5, 0.6) is 11.5 Å². The van der Waals surface area contributed by atoms with E-state index in [0.717, 1.165) is 18.4 Å². The van der Waals surface area contributed by atoms with E-state index in [-0.39, 0.29) is 11.3 Å². The highest BCUT2D eigenvalue weighted by Crippen LogP contribution is 2.40. The lowest BCUT2D eigenvalue weighted by molar-refractivity contribution is 0.0687. The molecule has 0 saturated heterocycles. The monoisotopic (exact) mass is 242 g/mol. The zero-order valence-electron chi connectivity index (χ0n) is 8.75. The lowest BCUT2D eigenvalue weighted by Gasteiger charge is -2.21. The summed E-state index contributed by atoms with van der Waals surface area (Å²) in [5.41, 5.74) is 0.846. The van der Waals surface area contributed by atoms with Gasteiger partial charge in [-0.25, -0.2) is 4.79 Å². The maximum atomic E-state index is 11.2. The molecule has 0 saturated carbocycles. The summed E-state index contributed by atoms with van der Waals surface area (Å²) in [5.74, 6) is -0.535. The van der Waals surface area contributed by atoms with Crippen molar-refractivity contribution in [2.24, 2.45) is 0 Å². The molecule has 0 atom stereocenters. The molecule has 1 heterocycles. The molecule has 86 valence electrons. The Hall–Kier alpha value is -1.42. The van der Waals surface area contributed by atoms with E-state index in [0.29, 0.717) is 17.4 Å². The molecule has 0 aromatic heterocycles. The Bertz CT molecular complexity index is 442. The smallest absolute Gasteiger partial charge is 0.343 e. The molecular weight excluding hydrogens is 232 g/mol. The Morgan fingerprint density at radius 1 is 1.62 bits per heavy atom. The van der Waals surface area contributed by atoms with Crippen LogP contribution < -0.4 is 9.47 Å². The van der Waals surface area contributed by atoms with Crippen LogP contribution in [0.3, 0.4) is 0 Å². The van der Waals surface area contributed by atoms with Gasteiger partial charge >= 0.3 is 5.97 Å². The van der Waals surface area contributed by atoms with Gasteiger partial charge in [0.25, 0.3) is 0 Å². The van der Waals surface area contributed by atoms with Gasteiger partial charge in [0.1, 0.15) is 11.3 Å². The number of halogens is 1. The summed E-state index contributed by atoms with van der Waals surface area (Å²) in [7, 11) is 1.39. The predicted octanol–water partition coefficient (Wildman–Crippen LogP) is 2.37. The normalized spacial score (nSPS) is 13.9. The number of hydrogen-bond donors (Lipinski definition) is 1. The van der Waals surface area contributed by atoms with E-state index < -0.39 is 5.97 Å². The van der Waals surface area contributed by atoms with Crippen molar-refractivity contribution >= 4 is 17.6 Å². The quantitative estimate of drug-likeness (QED) is 0.865. The average Bonchev–Trinajstić information content (AvgIpc) is 2.26. The Labute approximate surface area is 97.7 Å². The summed E-state index contributed by atoms with van der Waals surface area (Å²) < 4.78 is 10.4. The van der Waals surface area contributed by atoms with Crippen LogP contribution in [0, 0.1) is 0 Å². The molecular formula is C11H11ClO4. The summed E-state index contributed by atoms with van der Waals surface area (Å²) in [4.78, 5) is 11.2. The fraction of sp³-hybridized carbons (Fsp3) is 0.364. The summed E-state index contributed by atoms with van der Waals surface area (Å²) in [5, 5.41) is 9.47. The van der Waals surface area contributed by atoms with Crippen LogP contribution in [-0.2, 0) is 6.42 Å². The molecule has 0 aliphatic carbocycles. The molecule has 0 radical (unpaired) electrons. The number of carboxylic acid groups (broad SMARTS) is 1. The van der Waals surface area contributed by atoms with E-state index in [1.54, 1.807) is 6.07 Å². The number of ether oxygens (including phenoxy) is 2. The van der Waals surface area contributed by atoms with E-state index in [2.05, 4.69) is 0 Å². The van der Waals surface area contributed by atoms with Crippen molar-refractivity contribution in [3.63, 3.8) is 0 Å². The Kier molecular flexibility index (Phi) is 2.92. The van der Waals surface area contributed by atoms with Gasteiger partial charge in [-0.2, -0.15) is 0 Å². The number of fused-ring (bicyclic) bond motifs is 1. The number of carboxylic acids is 1. The number of aromatic carboxylic acids is 1. The maximum absolute atomic E-state index is 11.2. The van der Waals surface area contributed by atoms with Gasteiger partial charge in [-0.05, 0) is 24.5 Å². The van der Waals surface area contributed by atoms with Crippen LogP contribution in [0.4, 0.5) is 0 Å². The lowest BCUT2D eigenvalue weighted by atomic mass is 10.0. The van der Waals surface area contributed by atoms with Crippen LogP contribution in [-0.4, -0.2) is 24.8 Å². The predicted molar refractivity (Wildman–Crippen MR) is 58.8 cm³/mol. The standard InChI is InChI=1S/C11H11ClO4/c1-15-10-7(12)5-6-3-2-4-16-9(6)8(10)11(13)14/h5H,2-4H2,1H3,(H,13,14). The van der Waals surface area contributed by atoms with Crippen LogP contribution >= 0.6 is 11.6 Å². The fourth-order valence-electron chi connectivity index (χ4n) is 1.85. The topological polar surface area (TPSA) is 55.8 Å². The number of carbonyl (C=O) groups is 1. The van der Waals surface area contributed by atoms with Crippen molar-refractivity contribution in [1.29, 1.82) is 0 Å². The number of aryl methyl sites for hydroxylation is 1. The molecule has 5 heteroatoms. The largest absolute Gasteiger partial charge is 0.494 e. The van der Waals surface area contributed by atoms with Crippen LogP contribution in [0.25, 0.3) is 0 Å². The molecule has 1 N–H and O–H groups in total. The first kappa shape index (κ1) is 11.1. The highest BCUT2D eigenvalue weighted by Gasteiger charge is 2.26. The van der Waals surface area contributed by atoms with Crippen LogP contribution in [0.2, 0.25) is 5.02 Å². The van der Waals surface area contributed by atoms with Gasteiger partial charge in [0.15, 0.2) is 5.75 Å². The zero-order chi connectivity index (χ0) is 11.7. The number of methoxy groups -OCH3 is 1. The summed E-state index contributed by atoms with van der Waals surface area (Å²) in [6.45, 7) is 0.526. The number of benzene rings is 1. The highest BCUT2D eigenvalue weighted by atomic mass is 35.5. The van der Waals surface area contributed by atoms with E-state index in [1.807, 2.05) is 0 Å². The van der Waals surface area contributed by atoms with Crippen molar-refractivity contribution in [3.8, 4) is 11.5 Å². The van der Waals surface area contributed by atoms with Gasteiger partial charge in [0, 0.05) is 0 Å². The molecule has 16 heavy (non-hydrogen) atoms. The van der Waals surface area contributed by atoms with Crippen LogP contribution in [0.15, 0.2) is 6.07 Å². The van der Waals surface area contributed by atoms with E-state index in [1.165, 1.54) is 7.11 Å². The van der Waals surface area contributed by atoms with E-state index in [4.69, 9.17) is 26.2 Å². The zero-order valence-corrected chi connectivity index (χ0v) is 9.50. The second kappa shape index (κ2) is 4.22. The Morgan fingerprint density at radius 3 is 3.00 bits per heavy atom. The minimum atomic E-state index is -1.09. The molecule has 1 aliphatic rings. The molecule has 0 spiro atoms. The van der Waals surface area contributed by atoms with Crippen molar-refractivity contribution in [2.45, 2.75) is 12.8 Å². The first-order valence-corrected chi connectivity index (χ1v) is 5.28. The molecule has 0 amide bonds. The van der Waals surface area contributed by atoms with Crippen molar-refractivity contribution < 1.29 is 19.4 Å². The summed E-state index contributed by atoms with van der Waals surface area (Å²) >= 11 is 5.97. The third-order valence-electron chi connectivity index (χ3n) is 2.52. The van der Waals surface area contributed by atoms with Gasteiger partial charge in [-0.1, -0.05) is 11.6 Å². The van der Waals surface area contributed by atoms with E-state index >= 15 is 0 Å². The Morgan fingerprint density at radius 2 is 2.38 bits per heavy atom. The molecule has 2 rings (SSSR count). The molecule has 1 aromatic carbocycles. The number of rotatable bonds is 2. The second-order valence-electron chi connectivity index (χ2n) is 3.51. The van der Waals surface area contributed by atoms with Crippen molar-refractivity contribution in [1.82, 2.24) is 0 Å². The first-order chi connectivity index (χ1) is 7.65. The SMILES string of the molecule is COc1c(Cl)cc2c(c1C(=O)O)OCCC2. The Balaban J connectivity index is 2.68. The summed E-state index contributed by atoms with van der Waals surface area (Å²) in [6, 6.07) is 1.71. The minimum absolute atomic E-state index is 0.0182. The van der Waals surface area contributed by atoms with E-state index in [9.17, 15) is 4.79 Å². The van der Waals surface area contributed by atoms with Gasteiger partial charge < -0.3 is 14.6 Å². The van der Waals surface area contributed by atoms with Crippen molar-refractivity contribution in [3.05, 3.63) is 22.2 Å². The van der Waals surface area contributed by atoms with Gasteiger partial charge in [0.2, 0.25) is 0 Å². The molecule has 0 bridgehead atoms. The highest BCUT2D eigenvalue weighted by molar-refractivity contribution is 6.33. The number of hydrogen-bond acceptors (Lipinski definition) is 3. The van der Waals surface area contributed by atoms with Crippen LogP contribution in [0.1, 0.15) is 22.3 Å². The molecule has 1 aromatic rings. The average molecular weight is 243 g/mol. The van der Waals surface area contributed by atoms with Gasteiger partial charge in [-0.3, -0.25) is 0 Å². The third kappa shape index (κ3) is 1.69. The van der Waals surface area contributed by atoms with Gasteiger partial charge in [-0.15, -0.1) is 0 Å². The van der Waals surface area contributed by atoms with Gasteiger partial charge in [0.05, 0.1) is 18.7 Å². The van der Waals surface area contributed by atoms with Crippen molar-refractivity contribution in [2.75, 3.05) is 13.7 Å². The molecule has 0 unspecified atom stereocenters. The minimum Gasteiger partial charge on any atom is -0.494 e. The summed E-state index contributed by atoms with van der Waals surface area (Å²) in [6.07, 6.45) is 1.65. The first-order valence-electron chi connectivity index (χ1n) is 4.90. The molecule has 0 fully saturated rings. The maximum Gasteiger partial charge on any atom is 0.343 e. The molecule has 1 aliphatic heterocycles. The third-order valence-corrected chi connectivity index (χ3v) is 2.80. The lowest BCUT2D eigenvalue weighted by Crippen LogP contribution is -2.14. The fourth-order valence-corrected chi connectivity index (χ4v) is 2.15. The molecule has 4 nitrogen and oxygen atoms in total.